The molecule has 110 valence electrons. The predicted octanol–water partition coefficient (Wildman–Crippen LogP) is 3.63. The van der Waals surface area contributed by atoms with E-state index in [0.717, 1.165) is 43.7 Å². The Hall–Kier alpha value is -1.51. The summed E-state index contributed by atoms with van der Waals surface area (Å²) in [6, 6.07) is 7.86. The monoisotopic (exact) mass is 274 g/mol. The van der Waals surface area contributed by atoms with Gasteiger partial charge in [0.2, 0.25) is 0 Å². The Morgan fingerprint density at radius 2 is 2.05 bits per heavy atom. The van der Waals surface area contributed by atoms with Crippen molar-refractivity contribution in [2.75, 3.05) is 25.0 Å². The lowest BCUT2D eigenvalue weighted by molar-refractivity contribution is 0.0784. The normalized spacial score (nSPS) is 18.6. The van der Waals surface area contributed by atoms with E-state index >= 15 is 0 Å². The molecule has 0 saturated carbocycles. The van der Waals surface area contributed by atoms with Crippen LogP contribution in [0.25, 0.3) is 0 Å². The molecule has 3 heteroatoms. The zero-order valence-electron chi connectivity index (χ0n) is 12.9. The fourth-order valence-corrected chi connectivity index (χ4v) is 2.70. The highest BCUT2D eigenvalue weighted by Crippen LogP contribution is 2.25. The van der Waals surface area contributed by atoms with Crippen molar-refractivity contribution >= 4 is 11.6 Å². The summed E-state index contributed by atoms with van der Waals surface area (Å²) in [5, 5.41) is 3.33. The Morgan fingerprint density at radius 1 is 1.35 bits per heavy atom. The fourth-order valence-electron chi connectivity index (χ4n) is 2.70. The quantitative estimate of drug-likeness (QED) is 0.889. The molecule has 0 bridgehead atoms. The number of hydrogen-bond acceptors (Lipinski definition) is 2. The standard InChI is InChI=1S/C17H26N2O/c1-4-10-18-16-7-5-14(6-8-16)17(20)19-11-9-15(12-19)13(2)3/h5-8,13,15,18H,4,9-12H2,1-3H3. The summed E-state index contributed by atoms with van der Waals surface area (Å²) in [5.41, 5.74) is 1.89. The summed E-state index contributed by atoms with van der Waals surface area (Å²) in [6.45, 7) is 9.41. The average molecular weight is 274 g/mol. The largest absolute Gasteiger partial charge is 0.385 e. The van der Waals surface area contributed by atoms with Gasteiger partial charge in [-0.3, -0.25) is 4.79 Å². The van der Waals surface area contributed by atoms with Crippen molar-refractivity contribution in [2.24, 2.45) is 11.8 Å². The van der Waals surface area contributed by atoms with Gasteiger partial charge in [0, 0.05) is 30.9 Å². The molecule has 3 nitrogen and oxygen atoms in total. The van der Waals surface area contributed by atoms with Crippen molar-refractivity contribution < 1.29 is 4.79 Å². The van der Waals surface area contributed by atoms with Gasteiger partial charge in [0.25, 0.3) is 5.91 Å². The van der Waals surface area contributed by atoms with Crippen molar-refractivity contribution in [3.8, 4) is 0 Å². The number of anilines is 1. The summed E-state index contributed by atoms with van der Waals surface area (Å²) < 4.78 is 0. The summed E-state index contributed by atoms with van der Waals surface area (Å²) >= 11 is 0. The van der Waals surface area contributed by atoms with Crippen molar-refractivity contribution in [1.82, 2.24) is 4.90 Å². The molecule has 1 N–H and O–H groups in total. The minimum atomic E-state index is 0.176. The van der Waals surface area contributed by atoms with Crippen LogP contribution < -0.4 is 5.32 Å². The number of hydrogen-bond donors (Lipinski definition) is 1. The average Bonchev–Trinajstić information content (AvgIpc) is 2.95. The lowest BCUT2D eigenvalue weighted by Gasteiger charge is -2.18. The molecule has 1 atom stereocenters. The first kappa shape index (κ1) is 14.9. The minimum absolute atomic E-state index is 0.176. The zero-order valence-corrected chi connectivity index (χ0v) is 12.9. The highest BCUT2D eigenvalue weighted by Gasteiger charge is 2.28. The van der Waals surface area contributed by atoms with Crippen LogP contribution in [0.1, 0.15) is 44.0 Å². The van der Waals surface area contributed by atoms with Gasteiger partial charge in [0.15, 0.2) is 0 Å². The number of amides is 1. The highest BCUT2D eigenvalue weighted by molar-refractivity contribution is 5.94. The van der Waals surface area contributed by atoms with E-state index < -0.39 is 0 Å². The second-order valence-electron chi connectivity index (χ2n) is 6.05. The first-order valence-electron chi connectivity index (χ1n) is 7.75. The molecule has 1 aromatic carbocycles. The summed E-state index contributed by atoms with van der Waals surface area (Å²) in [5.74, 6) is 1.49. The van der Waals surface area contributed by atoms with Crippen LogP contribution in [0.5, 0.6) is 0 Å². The smallest absolute Gasteiger partial charge is 0.253 e. The Morgan fingerprint density at radius 3 is 2.60 bits per heavy atom. The van der Waals surface area contributed by atoms with Gasteiger partial charge in [-0.25, -0.2) is 0 Å². The van der Waals surface area contributed by atoms with Gasteiger partial charge in [-0.2, -0.15) is 0 Å². The molecule has 0 radical (unpaired) electrons. The van der Waals surface area contributed by atoms with E-state index in [1.807, 2.05) is 29.2 Å². The van der Waals surface area contributed by atoms with Gasteiger partial charge in [-0.15, -0.1) is 0 Å². The molecule has 2 rings (SSSR count). The molecule has 1 aliphatic heterocycles. The third kappa shape index (κ3) is 3.53. The molecule has 0 aromatic heterocycles. The first-order valence-corrected chi connectivity index (χ1v) is 7.75. The zero-order chi connectivity index (χ0) is 14.5. The maximum atomic E-state index is 12.4. The summed E-state index contributed by atoms with van der Waals surface area (Å²) in [7, 11) is 0. The Bertz CT molecular complexity index is 439. The summed E-state index contributed by atoms with van der Waals surface area (Å²) in [4.78, 5) is 14.4. The Balaban J connectivity index is 1.96. The molecule has 1 unspecified atom stereocenters. The van der Waals surface area contributed by atoms with Crippen molar-refractivity contribution in [2.45, 2.75) is 33.6 Å². The maximum absolute atomic E-state index is 12.4. The topological polar surface area (TPSA) is 32.3 Å². The van der Waals surface area contributed by atoms with E-state index in [0.29, 0.717) is 11.8 Å². The van der Waals surface area contributed by atoms with E-state index in [2.05, 4.69) is 26.1 Å². The van der Waals surface area contributed by atoms with Gasteiger partial charge in [-0.1, -0.05) is 20.8 Å². The van der Waals surface area contributed by atoms with Crippen LogP contribution in [0.4, 0.5) is 5.69 Å². The number of carbonyl (C=O) groups excluding carboxylic acids is 1. The Kier molecular flexibility index (Phi) is 5.05. The van der Waals surface area contributed by atoms with E-state index in [1.54, 1.807) is 0 Å². The third-order valence-electron chi connectivity index (χ3n) is 4.17. The van der Waals surface area contributed by atoms with Crippen molar-refractivity contribution in [3.63, 3.8) is 0 Å². The molecule has 0 spiro atoms. The molecular formula is C17H26N2O. The summed E-state index contributed by atoms with van der Waals surface area (Å²) in [6.07, 6.45) is 2.24. The highest BCUT2D eigenvalue weighted by atomic mass is 16.2. The van der Waals surface area contributed by atoms with Crippen LogP contribution in [0.15, 0.2) is 24.3 Å². The van der Waals surface area contributed by atoms with Gasteiger partial charge >= 0.3 is 0 Å². The molecule has 1 aliphatic rings. The van der Waals surface area contributed by atoms with Crippen LogP contribution in [0, 0.1) is 11.8 Å². The third-order valence-corrected chi connectivity index (χ3v) is 4.17. The van der Waals surface area contributed by atoms with Crippen LogP contribution >= 0.6 is 0 Å². The molecule has 1 amide bonds. The van der Waals surface area contributed by atoms with E-state index in [9.17, 15) is 4.79 Å². The van der Waals surface area contributed by atoms with Crippen LogP contribution in [-0.2, 0) is 0 Å². The van der Waals surface area contributed by atoms with E-state index in [4.69, 9.17) is 0 Å². The van der Waals surface area contributed by atoms with Gasteiger partial charge in [0.1, 0.15) is 0 Å². The van der Waals surface area contributed by atoms with Crippen molar-refractivity contribution in [1.29, 1.82) is 0 Å². The SMILES string of the molecule is CCCNc1ccc(C(=O)N2CCC(C(C)C)C2)cc1. The maximum Gasteiger partial charge on any atom is 0.253 e. The van der Waals surface area contributed by atoms with Gasteiger partial charge in [0.05, 0.1) is 0 Å². The Labute approximate surface area is 122 Å². The molecule has 1 fully saturated rings. The molecule has 1 saturated heterocycles. The van der Waals surface area contributed by atoms with E-state index in [1.165, 1.54) is 0 Å². The lowest BCUT2D eigenvalue weighted by Crippen LogP contribution is -2.29. The first-order chi connectivity index (χ1) is 9.61. The number of likely N-dealkylation sites (tertiary alicyclic amines) is 1. The lowest BCUT2D eigenvalue weighted by atomic mass is 9.95. The number of rotatable bonds is 5. The van der Waals surface area contributed by atoms with Gasteiger partial charge < -0.3 is 10.2 Å². The van der Waals surface area contributed by atoms with E-state index in [-0.39, 0.29) is 5.91 Å². The number of carbonyl (C=O) groups is 1. The second-order valence-corrected chi connectivity index (χ2v) is 6.05. The van der Waals surface area contributed by atoms with Crippen LogP contribution in [0.3, 0.4) is 0 Å². The van der Waals surface area contributed by atoms with Crippen molar-refractivity contribution in [3.05, 3.63) is 29.8 Å². The fraction of sp³-hybridized carbons (Fsp3) is 0.588. The van der Waals surface area contributed by atoms with Crippen LogP contribution in [-0.4, -0.2) is 30.4 Å². The molecule has 1 aromatic rings. The minimum Gasteiger partial charge on any atom is -0.385 e. The molecule has 1 heterocycles. The molecule has 20 heavy (non-hydrogen) atoms. The molecule has 0 aliphatic carbocycles. The predicted molar refractivity (Wildman–Crippen MR) is 84.1 cm³/mol. The number of nitrogens with zero attached hydrogens (tertiary/aromatic N) is 1. The molecular weight excluding hydrogens is 248 g/mol. The second kappa shape index (κ2) is 6.78. The number of benzene rings is 1. The number of nitrogens with one attached hydrogen (secondary N) is 1. The van der Waals surface area contributed by atoms with Crippen LogP contribution in [0.2, 0.25) is 0 Å². The van der Waals surface area contributed by atoms with Gasteiger partial charge in [-0.05, 0) is 48.9 Å².